The Morgan fingerprint density at radius 1 is 1.22 bits per heavy atom. The largest absolute Gasteiger partial charge is 0.495 e. The first-order chi connectivity index (χ1) is 17.0. The number of morpholine rings is 1. The van der Waals surface area contributed by atoms with E-state index >= 15 is 0 Å². The van der Waals surface area contributed by atoms with Gasteiger partial charge in [0.1, 0.15) is 17.2 Å². The number of benzene rings is 1. The number of anilines is 3. The molecule has 0 atom stereocenters. The van der Waals surface area contributed by atoms with Crippen LogP contribution in [0.25, 0.3) is 11.0 Å². The van der Waals surface area contributed by atoms with E-state index in [0.717, 1.165) is 5.39 Å². The lowest BCUT2D eigenvalue weighted by atomic mass is 10.3. The number of hydrogen-bond acceptors (Lipinski definition) is 9. The highest BCUT2D eigenvalue weighted by Gasteiger charge is 2.38. The molecule has 0 spiro atoms. The third-order valence-corrected chi connectivity index (χ3v) is 6.82. The lowest BCUT2D eigenvalue weighted by molar-refractivity contribution is -0.192. The summed E-state index contributed by atoms with van der Waals surface area (Å²) in [5.41, 5.74) is 1.23. The van der Waals surface area contributed by atoms with Gasteiger partial charge in [-0.05, 0) is 18.2 Å². The molecule has 2 aromatic heterocycles. The molecular weight excluding hydrogens is 509 g/mol. The first-order valence-corrected chi connectivity index (χ1v) is 11.8. The number of aliphatic carboxylic acids is 1. The Labute approximate surface area is 203 Å². The number of ether oxygens (including phenoxy) is 2. The van der Waals surface area contributed by atoms with Gasteiger partial charge in [-0.15, -0.1) is 0 Å². The first kappa shape index (κ1) is 27.0. The molecule has 196 valence electrons. The van der Waals surface area contributed by atoms with Crippen LogP contribution in [0.3, 0.4) is 0 Å². The van der Waals surface area contributed by atoms with E-state index in [1.54, 1.807) is 25.4 Å². The molecule has 1 fully saturated rings. The van der Waals surface area contributed by atoms with Gasteiger partial charge in [-0.25, -0.2) is 13.2 Å². The zero-order valence-electron chi connectivity index (χ0n) is 19.1. The topological polar surface area (TPSA) is 159 Å². The molecule has 4 rings (SSSR count). The monoisotopic (exact) mass is 532 g/mol. The van der Waals surface area contributed by atoms with E-state index in [0.29, 0.717) is 55.2 Å². The summed E-state index contributed by atoms with van der Waals surface area (Å²) >= 11 is 0. The summed E-state index contributed by atoms with van der Waals surface area (Å²) in [7, 11) is -0.349. The van der Waals surface area contributed by atoms with E-state index in [1.807, 2.05) is 6.07 Å². The fourth-order valence-corrected chi connectivity index (χ4v) is 4.60. The number of nitrogens with one attached hydrogen (secondary N) is 3. The molecule has 1 saturated heterocycles. The van der Waals surface area contributed by atoms with Crippen molar-refractivity contribution in [1.29, 1.82) is 0 Å². The predicted molar refractivity (Wildman–Crippen MR) is 123 cm³/mol. The number of hydrogen-bond donors (Lipinski definition) is 4. The maximum Gasteiger partial charge on any atom is 0.490 e. The van der Waals surface area contributed by atoms with Crippen LogP contribution in [0.4, 0.5) is 30.6 Å². The minimum absolute atomic E-state index is 0.165. The lowest BCUT2D eigenvalue weighted by Crippen LogP contribution is -2.40. The number of rotatable bonds is 6. The second-order valence-electron chi connectivity index (χ2n) is 7.19. The van der Waals surface area contributed by atoms with Gasteiger partial charge in [0.25, 0.3) is 0 Å². The third-order valence-electron chi connectivity index (χ3n) is 4.92. The SMILES string of the molecule is CNc1nc(Nc2ccc(S(=O)(=O)N3CCOCC3)cc2OC)nc2[nH]ccc12.O=C(O)C(F)(F)F. The van der Waals surface area contributed by atoms with Crippen LogP contribution in [-0.2, 0) is 19.6 Å². The summed E-state index contributed by atoms with van der Waals surface area (Å²) in [6.45, 7) is 1.45. The van der Waals surface area contributed by atoms with Gasteiger partial charge >= 0.3 is 12.1 Å². The summed E-state index contributed by atoms with van der Waals surface area (Å²) in [4.78, 5) is 21.0. The molecule has 0 saturated carbocycles. The average molecular weight is 533 g/mol. The molecule has 1 aliphatic heterocycles. The van der Waals surface area contributed by atoms with Gasteiger partial charge in [0.05, 0.1) is 36.3 Å². The molecule has 0 aliphatic carbocycles. The van der Waals surface area contributed by atoms with Gasteiger partial charge in [0.2, 0.25) is 16.0 Å². The highest BCUT2D eigenvalue weighted by Crippen LogP contribution is 2.32. The standard InChI is InChI=1S/C18H22N6O4S.C2HF3O2/c1-19-16-13-5-6-20-17(13)23-18(22-16)21-14-4-3-12(11-15(14)27-2)29(25,26)24-7-9-28-10-8-24;3-2(4,5)1(6)7/h3-6,11H,7-10H2,1-2H3,(H3,19,20,21,22,23);(H,6,7). The maximum atomic E-state index is 12.9. The van der Waals surface area contributed by atoms with Crippen LogP contribution in [0.15, 0.2) is 35.4 Å². The van der Waals surface area contributed by atoms with E-state index in [9.17, 15) is 21.6 Å². The van der Waals surface area contributed by atoms with E-state index in [1.165, 1.54) is 17.5 Å². The van der Waals surface area contributed by atoms with Crippen LogP contribution in [0.1, 0.15) is 0 Å². The highest BCUT2D eigenvalue weighted by atomic mass is 32.2. The number of carboxylic acid groups (broad SMARTS) is 1. The summed E-state index contributed by atoms with van der Waals surface area (Å²) in [6.07, 6.45) is -3.30. The minimum Gasteiger partial charge on any atom is -0.495 e. The van der Waals surface area contributed by atoms with Crippen molar-refractivity contribution >= 4 is 44.5 Å². The molecule has 0 amide bonds. The second-order valence-corrected chi connectivity index (χ2v) is 9.13. The quantitative estimate of drug-likeness (QED) is 0.371. The molecule has 12 nitrogen and oxygen atoms in total. The maximum absolute atomic E-state index is 12.9. The Balaban J connectivity index is 0.000000454. The highest BCUT2D eigenvalue weighted by molar-refractivity contribution is 7.89. The van der Waals surface area contributed by atoms with Crippen molar-refractivity contribution in [2.45, 2.75) is 11.1 Å². The van der Waals surface area contributed by atoms with Crippen LogP contribution in [0, 0.1) is 0 Å². The molecule has 3 heterocycles. The Bertz CT molecular complexity index is 1330. The van der Waals surface area contributed by atoms with Crippen LogP contribution in [0.2, 0.25) is 0 Å². The van der Waals surface area contributed by atoms with Gasteiger partial charge in [-0.3, -0.25) is 0 Å². The van der Waals surface area contributed by atoms with Crippen molar-refractivity contribution in [2.75, 3.05) is 51.1 Å². The zero-order valence-corrected chi connectivity index (χ0v) is 19.9. The van der Waals surface area contributed by atoms with Gasteiger partial charge < -0.3 is 30.2 Å². The van der Waals surface area contributed by atoms with E-state index in [-0.39, 0.29) is 4.90 Å². The van der Waals surface area contributed by atoms with Crippen LogP contribution >= 0.6 is 0 Å². The number of aromatic amines is 1. The number of carboxylic acids is 1. The van der Waals surface area contributed by atoms with Gasteiger partial charge in [0.15, 0.2) is 0 Å². The number of alkyl halides is 3. The molecule has 4 N–H and O–H groups in total. The Hall–Kier alpha value is -3.63. The molecule has 0 unspecified atom stereocenters. The van der Waals surface area contributed by atoms with Crippen molar-refractivity contribution in [2.24, 2.45) is 0 Å². The first-order valence-electron chi connectivity index (χ1n) is 10.3. The number of fused-ring (bicyclic) bond motifs is 1. The summed E-state index contributed by atoms with van der Waals surface area (Å²) in [5.74, 6) is -1.36. The normalized spacial score (nSPS) is 14.6. The minimum atomic E-state index is -5.08. The smallest absolute Gasteiger partial charge is 0.490 e. The van der Waals surface area contributed by atoms with Crippen LogP contribution < -0.4 is 15.4 Å². The summed E-state index contributed by atoms with van der Waals surface area (Å²) in [5, 5.41) is 14.1. The third kappa shape index (κ3) is 6.13. The number of nitrogens with zero attached hydrogens (tertiary/aromatic N) is 3. The Morgan fingerprint density at radius 2 is 1.89 bits per heavy atom. The van der Waals surface area contributed by atoms with Crippen LogP contribution in [-0.4, -0.2) is 85.4 Å². The van der Waals surface area contributed by atoms with Crippen molar-refractivity contribution in [3.05, 3.63) is 30.5 Å². The Morgan fingerprint density at radius 3 is 2.47 bits per heavy atom. The van der Waals surface area contributed by atoms with Crippen molar-refractivity contribution in [3.63, 3.8) is 0 Å². The van der Waals surface area contributed by atoms with Crippen molar-refractivity contribution in [1.82, 2.24) is 19.3 Å². The number of sulfonamides is 1. The van der Waals surface area contributed by atoms with E-state index in [2.05, 4.69) is 25.6 Å². The zero-order chi connectivity index (χ0) is 26.5. The second kappa shape index (κ2) is 11.0. The molecular formula is C20H23F3N6O6S. The predicted octanol–water partition coefficient (Wildman–Crippen LogP) is 2.41. The fourth-order valence-electron chi connectivity index (χ4n) is 3.18. The number of carbonyl (C=O) groups is 1. The van der Waals surface area contributed by atoms with Gasteiger partial charge in [0, 0.05) is 32.4 Å². The fraction of sp³-hybridized carbons (Fsp3) is 0.350. The lowest BCUT2D eigenvalue weighted by Gasteiger charge is -2.26. The molecule has 3 aromatic rings. The molecule has 36 heavy (non-hydrogen) atoms. The number of halogens is 3. The average Bonchev–Trinajstić information content (AvgIpc) is 3.33. The summed E-state index contributed by atoms with van der Waals surface area (Å²) in [6, 6.07) is 6.57. The van der Waals surface area contributed by atoms with E-state index in [4.69, 9.17) is 19.4 Å². The molecule has 0 bridgehead atoms. The number of aromatic nitrogens is 3. The molecule has 1 aliphatic rings. The molecule has 1 aromatic carbocycles. The van der Waals surface area contributed by atoms with Crippen LogP contribution in [0.5, 0.6) is 5.75 Å². The number of H-pyrrole nitrogens is 1. The van der Waals surface area contributed by atoms with Crippen molar-refractivity contribution in [3.8, 4) is 5.75 Å². The molecule has 0 radical (unpaired) electrons. The number of methoxy groups -OCH3 is 1. The van der Waals surface area contributed by atoms with E-state index < -0.39 is 22.2 Å². The molecule has 16 heteroatoms. The summed E-state index contributed by atoms with van der Waals surface area (Å²) < 4.78 is 69.6. The van der Waals surface area contributed by atoms with Gasteiger partial charge in [-0.2, -0.15) is 27.4 Å². The Kier molecular flexibility index (Phi) is 8.21. The van der Waals surface area contributed by atoms with Crippen molar-refractivity contribution < 1.29 is 41.0 Å². The van der Waals surface area contributed by atoms with Gasteiger partial charge in [-0.1, -0.05) is 0 Å².